The molecule has 0 heterocycles. The van der Waals surface area contributed by atoms with Crippen molar-refractivity contribution in [2.24, 2.45) is 10.8 Å². The van der Waals surface area contributed by atoms with Crippen molar-refractivity contribution in [3.8, 4) is 0 Å². The Morgan fingerprint density at radius 2 is 1.24 bits per heavy atom. The van der Waals surface area contributed by atoms with Gasteiger partial charge in [-0.25, -0.2) is 9.59 Å². The van der Waals surface area contributed by atoms with Gasteiger partial charge >= 0.3 is 11.9 Å². The van der Waals surface area contributed by atoms with Crippen molar-refractivity contribution in [3.05, 3.63) is 69.8 Å². The molecule has 4 nitrogen and oxygen atoms in total. The third-order valence-electron chi connectivity index (χ3n) is 10.1. The largest absolute Gasteiger partial charge is 0.454 e. The van der Waals surface area contributed by atoms with Crippen LogP contribution in [0, 0.1) is 10.8 Å². The summed E-state index contributed by atoms with van der Waals surface area (Å²) in [5.41, 5.74) is 5.88. The normalized spacial score (nSPS) is 30.2. The third kappa shape index (κ3) is 4.34. The summed E-state index contributed by atoms with van der Waals surface area (Å²) < 4.78 is 12.9. The van der Waals surface area contributed by atoms with Crippen LogP contribution in [0.3, 0.4) is 0 Å². The fraction of sp³-hybridized carbons (Fsp3) is 0.562. The van der Waals surface area contributed by atoms with E-state index in [4.69, 9.17) is 9.47 Å². The van der Waals surface area contributed by atoms with Gasteiger partial charge in [-0.2, -0.15) is 0 Å². The zero-order chi connectivity index (χ0) is 25.6. The second-order valence-electron chi connectivity index (χ2n) is 12.2. The molecule has 0 spiro atoms. The summed E-state index contributed by atoms with van der Waals surface area (Å²) in [6.07, 6.45) is 12.4. The third-order valence-corrected chi connectivity index (χ3v) is 10.9. The van der Waals surface area contributed by atoms with E-state index in [0.717, 1.165) is 81.5 Å². The van der Waals surface area contributed by atoms with E-state index in [9.17, 15) is 9.59 Å². The Hall–Kier alpha value is -2.19. The Labute approximate surface area is 223 Å². The van der Waals surface area contributed by atoms with E-state index in [1.165, 1.54) is 24.0 Å². The number of esters is 2. The summed E-state index contributed by atoms with van der Waals surface area (Å²) in [7, 11) is 2.90. The smallest absolute Gasteiger partial charge is 0.338 e. The van der Waals surface area contributed by atoms with Crippen LogP contribution in [0.15, 0.2) is 36.4 Å². The van der Waals surface area contributed by atoms with Crippen LogP contribution in [-0.2, 0) is 35.2 Å². The lowest BCUT2D eigenvalue weighted by atomic mass is 9.52. The summed E-state index contributed by atoms with van der Waals surface area (Å²) >= 11 is 0. The molecule has 5 aliphatic carbocycles. The molecule has 2 aromatic carbocycles. The Balaban J connectivity index is 1.32. The maximum atomic E-state index is 13.7. The van der Waals surface area contributed by atoms with Gasteiger partial charge in [0.05, 0.1) is 11.1 Å². The average molecular weight is 519 g/mol. The first-order chi connectivity index (χ1) is 17.9. The van der Waals surface area contributed by atoms with E-state index >= 15 is 0 Å². The lowest BCUT2D eigenvalue weighted by Crippen LogP contribution is -2.63. The summed E-state index contributed by atoms with van der Waals surface area (Å²) in [5, 5.41) is 0. The number of ether oxygens (including phenoxy) is 2. The molecule has 3 fully saturated rings. The number of hydrogen-bond acceptors (Lipinski definition) is 4. The fourth-order valence-electron chi connectivity index (χ4n) is 7.59. The van der Waals surface area contributed by atoms with Gasteiger partial charge in [0, 0.05) is 10.8 Å². The highest BCUT2D eigenvalue weighted by atomic mass is 31.0. The molecule has 5 heteroatoms. The van der Waals surface area contributed by atoms with Crippen LogP contribution in [0.25, 0.3) is 0 Å². The van der Waals surface area contributed by atoms with Crippen LogP contribution < -0.4 is 0 Å². The fourth-order valence-corrected chi connectivity index (χ4v) is 8.23. The number of aryl methyl sites for hydroxylation is 2. The highest BCUT2D eigenvalue weighted by molar-refractivity contribution is 7.16. The van der Waals surface area contributed by atoms with Crippen molar-refractivity contribution in [1.82, 2.24) is 0 Å². The van der Waals surface area contributed by atoms with Crippen molar-refractivity contribution >= 4 is 21.2 Å². The molecule has 3 atom stereocenters. The maximum absolute atomic E-state index is 13.7. The van der Waals surface area contributed by atoms with E-state index < -0.39 is 12.2 Å². The molecule has 5 aliphatic rings. The van der Waals surface area contributed by atoms with Crippen LogP contribution in [0.1, 0.15) is 101 Å². The van der Waals surface area contributed by atoms with Gasteiger partial charge < -0.3 is 9.47 Å². The molecule has 3 saturated carbocycles. The SMILES string of the molecule is CC12CCC(CP)(CC1)C(OC(=O)c1cccc3c1CCCC3)C2OC(=O)c1cccc2c1CCCC2. The van der Waals surface area contributed by atoms with Gasteiger partial charge in [-0.3, -0.25) is 0 Å². The molecule has 0 aliphatic heterocycles. The van der Waals surface area contributed by atoms with Gasteiger partial charge in [-0.15, -0.1) is 9.24 Å². The zero-order valence-electron chi connectivity index (χ0n) is 22.0. The molecule has 2 bridgehead atoms. The number of carbonyl (C=O) groups excluding carboxylic acids is 2. The molecule has 0 radical (unpaired) electrons. The minimum atomic E-state index is -0.439. The van der Waals surface area contributed by atoms with Gasteiger partial charge in [0.2, 0.25) is 0 Å². The van der Waals surface area contributed by atoms with Crippen molar-refractivity contribution in [2.45, 2.75) is 96.2 Å². The van der Waals surface area contributed by atoms with E-state index in [2.05, 4.69) is 28.3 Å². The van der Waals surface area contributed by atoms with Crippen LogP contribution in [-0.4, -0.2) is 30.3 Å². The molecule has 2 aromatic rings. The number of fused-ring (bicyclic) bond motifs is 5. The van der Waals surface area contributed by atoms with Crippen molar-refractivity contribution in [1.29, 1.82) is 0 Å². The van der Waals surface area contributed by atoms with Gasteiger partial charge in [-0.05, 0) is 118 Å². The summed E-state index contributed by atoms with van der Waals surface area (Å²) in [6, 6.07) is 12.1. The minimum Gasteiger partial charge on any atom is -0.454 e. The molecule has 196 valence electrons. The van der Waals surface area contributed by atoms with Crippen molar-refractivity contribution < 1.29 is 19.1 Å². The van der Waals surface area contributed by atoms with E-state index in [1.54, 1.807) is 0 Å². The van der Waals surface area contributed by atoms with E-state index in [0.29, 0.717) is 11.1 Å². The highest BCUT2D eigenvalue weighted by Crippen LogP contribution is 2.59. The van der Waals surface area contributed by atoms with Gasteiger partial charge in [0.25, 0.3) is 0 Å². The highest BCUT2D eigenvalue weighted by Gasteiger charge is 2.61. The number of rotatable bonds is 5. The topological polar surface area (TPSA) is 52.6 Å². The quantitative estimate of drug-likeness (QED) is 0.329. The van der Waals surface area contributed by atoms with Crippen LogP contribution in [0.4, 0.5) is 0 Å². The minimum absolute atomic E-state index is 0.173. The average Bonchev–Trinajstić information content (AvgIpc) is 2.94. The van der Waals surface area contributed by atoms with Crippen molar-refractivity contribution in [3.63, 3.8) is 0 Å². The summed E-state index contributed by atoms with van der Waals surface area (Å²) in [4.78, 5) is 27.5. The Morgan fingerprint density at radius 1 is 0.757 bits per heavy atom. The predicted molar refractivity (Wildman–Crippen MR) is 148 cm³/mol. The summed E-state index contributed by atoms with van der Waals surface area (Å²) in [6.45, 7) is 2.22. The molecular weight excluding hydrogens is 479 g/mol. The van der Waals surface area contributed by atoms with Crippen molar-refractivity contribution in [2.75, 3.05) is 6.16 Å². The van der Waals surface area contributed by atoms with Gasteiger partial charge in [-0.1, -0.05) is 31.2 Å². The Morgan fingerprint density at radius 3 is 1.76 bits per heavy atom. The van der Waals surface area contributed by atoms with Crippen LogP contribution >= 0.6 is 9.24 Å². The second kappa shape index (κ2) is 9.84. The Kier molecular flexibility index (Phi) is 6.68. The molecule has 7 rings (SSSR count). The van der Waals surface area contributed by atoms with Crippen LogP contribution in [0.5, 0.6) is 0 Å². The Bertz CT molecular complexity index is 1210. The molecule has 0 amide bonds. The number of benzene rings is 2. The monoisotopic (exact) mass is 518 g/mol. The first-order valence-corrected chi connectivity index (χ1v) is 15.1. The van der Waals surface area contributed by atoms with Crippen LogP contribution in [0.2, 0.25) is 0 Å². The number of carbonyl (C=O) groups is 2. The van der Waals surface area contributed by atoms with Gasteiger partial charge in [0.1, 0.15) is 12.2 Å². The molecule has 0 aromatic heterocycles. The molecule has 0 saturated heterocycles. The second-order valence-corrected chi connectivity index (χ2v) is 12.6. The van der Waals surface area contributed by atoms with E-state index in [1.807, 2.05) is 24.3 Å². The molecule has 0 N–H and O–H groups in total. The molecular formula is C32H39O4P. The number of hydrogen-bond donors (Lipinski definition) is 0. The predicted octanol–water partition coefficient (Wildman–Crippen LogP) is 6.65. The van der Waals surface area contributed by atoms with Gasteiger partial charge in [0.15, 0.2) is 0 Å². The standard InChI is InChI=1S/C32H39O4P/c1-31-16-18-32(20-37,19-17-31)28(36-30(34)26-15-7-11-22-9-3-5-13-24(22)26)27(31)35-29(33)25-14-6-10-21-8-2-4-12-23(21)25/h6-7,10-11,14-15,27-28H,2-5,8-9,12-13,16-20,37H2,1H3. The first kappa shape index (κ1) is 25.1. The lowest BCUT2D eigenvalue weighted by Gasteiger charge is -2.59. The summed E-state index contributed by atoms with van der Waals surface area (Å²) in [5.74, 6) is -0.509. The lowest BCUT2D eigenvalue weighted by molar-refractivity contribution is -0.190. The maximum Gasteiger partial charge on any atom is 0.338 e. The van der Waals surface area contributed by atoms with E-state index in [-0.39, 0.29) is 22.8 Å². The zero-order valence-corrected chi connectivity index (χ0v) is 23.2. The molecule has 3 unspecified atom stereocenters. The first-order valence-electron chi connectivity index (χ1n) is 14.3. The molecule has 37 heavy (non-hydrogen) atoms.